The molecule has 0 heterocycles. The topological polar surface area (TPSA) is 212 Å². The number of anilines is 2. The van der Waals surface area contributed by atoms with Gasteiger partial charge in [-0.3, -0.25) is 27.5 Å². The summed E-state index contributed by atoms with van der Waals surface area (Å²) in [7, 11) is -6.43. The molecule has 0 bridgehead atoms. The lowest BCUT2D eigenvalue weighted by Crippen LogP contribution is -2.26. The molecule has 0 aliphatic heterocycles. The van der Waals surface area contributed by atoms with Crippen LogP contribution in [-0.2, 0) is 28.6 Å². The van der Waals surface area contributed by atoms with E-state index < -0.39 is 38.0 Å². The van der Waals surface area contributed by atoms with Gasteiger partial charge in [-0.2, -0.15) is 16.8 Å². The van der Waals surface area contributed by atoms with Crippen molar-refractivity contribution < 1.29 is 49.1 Å². The average molecular weight is 857 g/mol. The van der Waals surface area contributed by atoms with Crippen molar-refractivity contribution in [3.63, 3.8) is 0 Å². The summed E-state index contributed by atoms with van der Waals surface area (Å²) < 4.78 is 64.8. The monoisotopic (exact) mass is 856 g/mol. The van der Waals surface area contributed by atoms with E-state index in [9.17, 15) is 36.0 Å². The van der Waals surface area contributed by atoms with Gasteiger partial charge in [-0.1, -0.05) is 35.4 Å². The molecule has 0 aliphatic rings. The quantitative estimate of drug-likeness (QED) is 0.0570. The van der Waals surface area contributed by atoms with Crippen molar-refractivity contribution in [1.29, 1.82) is 0 Å². The fraction of sp³-hybridized carbons (Fsp3) is 0.209. The lowest BCUT2D eigenvalue weighted by Gasteiger charge is -2.12. The van der Waals surface area contributed by atoms with Crippen LogP contribution in [0.2, 0.25) is 0 Å². The molecule has 0 saturated carbocycles. The van der Waals surface area contributed by atoms with Crippen molar-refractivity contribution in [2.45, 2.75) is 36.5 Å². The van der Waals surface area contributed by atoms with Crippen molar-refractivity contribution in [2.24, 2.45) is 0 Å². The van der Waals surface area contributed by atoms with Crippen LogP contribution in [0.5, 0.6) is 5.75 Å². The molecule has 0 fully saturated rings. The fourth-order valence-corrected chi connectivity index (χ4v) is 7.36. The van der Waals surface area contributed by atoms with Gasteiger partial charge in [0.25, 0.3) is 43.9 Å². The van der Waals surface area contributed by atoms with Gasteiger partial charge in [-0.25, -0.2) is 0 Å². The molecule has 17 heteroatoms. The van der Waals surface area contributed by atoms with Gasteiger partial charge in [0.1, 0.15) is 5.75 Å². The minimum atomic E-state index is -3.92. The first-order chi connectivity index (χ1) is 28.6. The molecule has 4 amide bonds. The normalized spacial score (nSPS) is 11.3. The molecule has 4 N–H and O–H groups in total. The number of ether oxygens (including phenoxy) is 1. The Hall–Kier alpha value is -6.40. The third kappa shape index (κ3) is 12.6. The zero-order chi connectivity index (χ0) is 43.3. The molecule has 15 nitrogen and oxygen atoms in total. The molecule has 5 rings (SSSR count). The minimum absolute atomic E-state index is 0.0506. The van der Waals surface area contributed by atoms with Crippen LogP contribution < -0.4 is 26.0 Å². The van der Waals surface area contributed by atoms with E-state index in [1.54, 1.807) is 36.4 Å². The van der Waals surface area contributed by atoms with E-state index in [4.69, 9.17) is 13.1 Å². The molecule has 60 heavy (non-hydrogen) atoms. The zero-order valence-corrected chi connectivity index (χ0v) is 34.7. The van der Waals surface area contributed by atoms with E-state index in [0.717, 1.165) is 11.1 Å². The third-order valence-electron chi connectivity index (χ3n) is 8.83. The van der Waals surface area contributed by atoms with Crippen LogP contribution in [0.3, 0.4) is 0 Å². The summed E-state index contributed by atoms with van der Waals surface area (Å²) in [5, 5.41) is 10.9. The van der Waals surface area contributed by atoms with Gasteiger partial charge in [0.15, 0.2) is 0 Å². The Balaban J connectivity index is 1.04. The predicted molar refractivity (Wildman–Crippen MR) is 224 cm³/mol. The molecule has 0 saturated heterocycles. The van der Waals surface area contributed by atoms with Crippen LogP contribution in [0.15, 0.2) is 125 Å². The SMILES string of the molecule is COc1cc(NC(=O)c2ccc(C(=O)Nc3ccc(C(=O)NCCCOS(=O)(=O)c4ccc(C)cc4)cc3)cc2)ccc1C(=O)NCCCOS(=O)(=O)c1ccc(C)cc1. The molecule has 314 valence electrons. The highest BCUT2D eigenvalue weighted by atomic mass is 32.2. The number of hydrogen-bond donors (Lipinski definition) is 4. The predicted octanol–water partition coefficient (Wildman–Crippen LogP) is 5.87. The second-order valence-electron chi connectivity index (χ2n) is 13.4. The van der Waals surface area contributed by atoms with Crippen LogP contribution in [0.4, 0.5) is 11.4 Å². The number of methoxy groups -OCH3 is 1. The first kappa shape index (κ1) is 44.7. The molecular weight excluding hydrogens is 813 g/mol. The van der Waals surface area contributed by atoms with Gasteiger partial charge in [-0.05, 0) is 112 Å². The van der Waals surface area contributed by atoms with Crippen molar-refractivity contribution in [3.8, 4) is 5.75 Å². The van der Waals surface area contributed by atoms with Gasteiger partial charge < -0.3 is 26.0 Å². The molecular formula is C43H44N4O11S2. The Labute approximate surface area is 348 Å². The number of nitrogens with one attached hydrogen (secondary N) is 4. The maximum Gasteiger partial charge on any atom is 0.296 e. The van der Waals surface area contributed by atoms with Crippen molar-refractivity contribution >= 4 is 55.2 Å². The highest BCUT2D eigenvalue weighted by Crippen LogP contribution is 2.24. The van der Waals surface area contributed by atoms with Gasteiger partial charge in [0.2, 0.25) is 0 Å². The number of aryl methyl sites for hydroxylation is 2. The van der Waals surface area contributed by atoms with Gasteiger partial charge in [0.05, 0.1) is 35.7 Å². The summed E-state index contributed by atoms with van der Waals surface area (Å²) in [6.07, 6.45) is 0.497. The Kier molecular flexibility index (Phi) is 15.3. The minimum Gasteiger partial charge on any atom is -0.496 e. The van der Waals surface area contributed by atoms with E-state index in [1.165, 1.54) is 86.0 Å². The largest absolute Gasteiger partial charge is 0.496 e. The first-order valence-corrected chi connectivity index (χ1v) is 21.5. The summed E-state index contributed by atoms with van der Waals surface area (Å²) in [4.78, 5) is 51.5. The van der Waals surface area contributed by atoms with E-state index in [2.05, 4.69) is 21.3 Å². The van der Waals surface area contributed by atoms with Crippen molar-refractivity contribution in [1.82, 2.24) is 10.6 Å². The summed E-state index contributed by atoms with van der Waals surface area (Å²) in [5.74, 6) is -1.58. The smallest absolute Gasteiger partial charge is 0.296 e. The molecule has 0 spiro atoms. The number of carbonyl (C=O) groups excluding carboxylic acids is 4. The zero-order valence-electron chi connectivity index (χ0n) is 33.0. The number of rotatable bonds is 19. The number of benzene rings is 5. The molecule has 0 atom stereocenters. The highest BCUT2D eigenvalue weighted by molar-refractivity contribution is 7.87. The van der Waals surface area contributed by atoms with Gasteiger partial charge in [-0.15, -0.1) is 0 Å². The molecule has 5 aromatic carbocycles. The molecule has 0 aliphatic carbocycles. The molecule has 0 aromatic heterocycles. The Bertz CT molecular complexity index is 2530. The van der Waals surface area contributed by atoms with E-state index >= 15 is 0 Å². The van der Waals surface area contributed by atoms with Crippen molar-refractivity contribution in [3.05, 3.63) is 149 Å². The maximum atomic E-state index is 13.0. The van der Waals surface area contributed by atoms with Crippen LogP contribution in [0, 0.1) is 13.8 Å². The van der Waals surface area contributed by atoms with Crippen LogP contribution in [-0.4, -0.2) is 73.9 Å². The Morgan fingerprint density at radius 2 is 0.900 bits per heavy atom. The van der Waals surface area contributed by atoms with Gasteiger partial charge in [0, 0.05) is 47.2 Å². The lowest BCUT2D eigenvalue weighted by atomic mass is 10.1. The average Bonchev–Trinajstić information content (AvgIpc) is 3.23. The summed E-state index contributed by atoms with van der Waals surface area (Å²) >= 11 is 0. The summed E-state index contributed by atoms with van der Waals surface area (Å²) in [6, 6.07) is 29.2. The van der Waals surface area contributed by atoms with Crippen LogP contribution in [0.25, 0.3) is 0 Å². The molecule has 0 unspecified atom stereocenters. The summed E-state index contributed by atoms with van der Waals surface area (Å²) in [5.41, 5.74) is 3.68. The highest BCUT2D eigenvalue weighted by Gasteiger charge is 2.18. The fourth-order valence-electron chi connectivity index (χ4n) is 5.47. The molecule has 5 aromatic rings. The number of carbonyl (C=O) groups is 4. The maximum absolute atomic E-state index is 13.0. The van der Waals surface area contributed by atoms with Crippen LogP contribution >= 0.6 is 0 Å². The lowest BCUT2D eigenvalue weighted by molar-refractivity contribution is 0.0941. The second kappa shape index (κ2) is 20.5. The van der Waals surface area contributed by atoms with E-state index in [1.807, 2.05) is 13.8 Å². The third-order valence-corrected chi connectivity index (χ3v) is 11.5. The number of amides is 4. The van der Waals surface area contributed by atoms with Crippen LogP contribution in [0.1, 0.15) is 65.4 Å². The van der Waals surface area contributed by atoms with E-state index in [-0.39, 0.29) is 77.3 Å². The molecule has 0 radical (unpaired) electrons. The second-order valence-corrected chi connectivity index (χ2v) is 16.6. The summed E-state index contributed by atoms with van der Waals surface area (Å²) in [6.45, 7) is 3.78. The van der Waals surface area contributed by atoms with Gasteiger partial charge >= 0.3 is 0 Å². The van der Waals surface area contributed by atoms with E-state index in [0.29, 0.717) is 16.9 Å². The van der Waals surface area contributed by atoms with Crippen molar-refractivity contribution in [2.75, 3.05) is 44.0 Å². The Morgan fingerprint density at radius 1 is 0.500 bits per heavy atom. The number of hydrogen-bond acceptors (Lipinski definition) is 11. The first-order valence-electron chi connectivity index (χ1n) is 18.6. The standard InChI is InChI=1S/C43H44N4O11S2/c1-29-6-19-36(20-7-29)59(52,53)57-26-4-24-44-40(48)31-14-16-34(17-15-31)46-41(49)32-10-12-33(13-11-32)42(50)47-35-18-23-38(39(28-35)56-3)43(51)45-25-5-27-58-60(54,55)37-21-8-30(2)9-22-37/h6-23,28H,4-5,24-27H2,1-3H3,(H,44,48)(H,45,51)(H,46,49)(H,47,50). The Morgan fingerprint density at radius 3 is 1.37 bits per heavy atom.